The van der Waals surface area contributed by atoms with Gasteiger partial charge in [0, 0.05) is 13.3 Å². The van der Waals surface area contributed by atoms with E-state index < -0.39 is 32.5 Å². The minimum absolute atomic E-state index is 0.0299. The van der Waals surface area contributed by atoms with Crippen molar-refractivity contribution in [2.75, 3.05) is 47.5 Å². The third-order valence-electron chi connectivity index (χ3n) is 2.95. The second-order valence-electron chi connectivity index (χ2n) is 6.63. The molecule has 1 unspecified atom stereocenters. The molecule has 0 aliphatic carbocycles. The number of likely N-dealkylation sites (N-methyl/N-ethyl adjacent to an activating group) is 1. The van der Waals surface area contributed by atoms with Crippen molar-refractivity contribution >= 4 is 19.8 Å². The van der Waals surface area contributed by atoms with Crippen LogP contribution >= 0.6 is 7.82 Å². The Labute approximate surface area is 149 Å². The lowest BCUT2D eigenvalue weighted by molar-refractivity contribution is -0.870. The molecule has 0 spiro atoms. The van der Waals surface area contributed by atoms with E-state index in [1.807, 2.05) is 28.1 Å². The van der Waals surface area contributed by atoms with Crippen molar-refractivity contribution in [1.82, 2.24) is 0 Å². The van der Waals surface area contributed by atoms with Crippen LogP contribution in [0.2, 0.25) is 0 Å². The van der Waals surface area contributed by atoms with Crippen LogP contribution in [-0.4, -0.2) is 74.9 Å². The van der Waals surface area contributed by atoms with E-state index in [-0.39, 0.29) is 19.6 Å². The molecule has 0 aliphatic rings. The molecule has 0 aromatic carbocycles. The van der Waals surface area contributed by atoms with E-state index in [9.17, 15) is 19.0 Å². The summed E-state index contributed by atoms with van der Waals surface area (Å²) in [4.78, 5) is 32.3. The zero-order valence-electron chi connectivity index (χ0n) is 15.7. The fourth-order valence-corrected chi connectivity index (χ4v) is 2.28. The van der Waals surface area contributed by atoms with Crippen LogP contribution in [0.1, 0.15) is 33.1 Å². The van der Waals surface area contributed by atoms with Gasteiger partial charge in [-0.05, 0) is 6.42 Å². The lowest BCUT2D eigenvalue weighted by Crippen LogP contribution is -2.37. The number of esters is 2. The number of rotatable bonds is 13. The van der Waals surface area contributed by atoms with Crippen molar-refractivity contribution in [3.05, 3.63) is 0 Å². The largest absolute Gasteiger partial charge is 0.472 e. The first-order chi connectivity index (χ1) is 11.4. The highest BCUT2D eigenvalue weighted by Gasteiger charge is 2.26. The lowest BCUT2D eigenvalue weighted by atomic mass is 10.2. The molecule has 2 atom stereocenters. The van der Waals surface area contributed by atoms with Crippen LogP contribution in [0, 0.1) is 0 Å². The summed E-state index contributed by atoms with van der Waals surface area (Å²) in [5.74, 6) is -1.04. The van der Waals surface area contributed by atoms with Gasteiger partial charge in [-0.3, -0.25) is 18.6 Å². The molecule has 0 fully saturated rings. The zero-order valence-corrected chi connectivity index (χ0v) is 16.6. The second kappa shape index (κ2) is 11.6. The second-order valence-corrected chi connectivity index (χ2v) is 8.08. The molecule has 0 radical (unpaired) electrons. The van der Waals surface area contributed by atoms with Crippen LogP contribution in [0.15, 0.2) is 0 Å². The fraction of sp³-hybridized carbons (Fsp3) is 0.867. The fourth-order valence-electron chi connectivity index (χ4n) is 1.54. The zero-order chi connectivity index (χ0) is 19.5. The first kappa shape index (κ1) is 24.0. The Kier molecular flexibility index (Phi) is 11.1. The van der Waals surface area contributed by atoms with Crippen LogP contribution < -0.4 is 0 Å². The summed E-state index contributed by atoms with van der Waals surface area (Å²) in [5.41, 5.74) is 0. The summed E-state index contributed by atoms with van der Waals surface area (Å²) >= 11 is 0. The van der Waals surface area contributed by atoms with Crippen molar-refractivity contribution in [2.45, 2.75) is 39.2 Å². The predicted octanol–water partition coefficient (Wildman–Crippen LogP) is 1.49. The lowest BCUT2D eigenvalue weighted by Gasteiger charge is -2.24. The van der Waals surface area contributed by atoms with Gasteiger partial charge in [0.2, 0.25) is 0 Å². The van der Waals surface area contributed by atoms with Crippen molar-refractivity contribution < 1.29 is 42.1 Å². The molecule has 10 heteroatoms. The molecule has 0 rings (SSSR count). The summed E-state index contributed by atoms with van der Waals surface area (Å²) in [5, 5.41) is 0. The SMILES string of the molecule is CCCCC(=O)O[C@@H](COC(C)=O)COP(=O)(O)OCC[N+](C)(C)C. The Morgan fingerprint density at radius 1 is 1.16 bits per heavy atom. The standard InChI is InChI=1S/C15H30NO8P/c1-6-7-8-15(18)24-14(11-21-13(2)17)12-23-25(19,20)22-10-9-16(3,4)5/h14H,6-12H2,1-5H3/p+1/t14-/m0/s1. The minimum Gasteiger partial charge on any atom is -0.462 e. The van der Waals surface area contributed by atoms with E-state index in [0.717, 1.165) is 6.42 Å². The van der Waals surface area contributed by atoms with E-state index in [1.54, 1.807) is 0 Å². The summed E-state index contributed by atoms with van der Waals surface area (Å²) in [6, 6.07) is 0. The Morgan fingerprint density at radius 2 is 1.80 bits per heavy atom. The molecule has 0 aliphatic heterocycles. The van der Waals surface area contributed by atoms with E-state index in [2.05, 4.69) is 0 Å². The van der Waals surface area contributed by atoms with Crippen molar-refractivity contribution in [2.24, 2.45) is 0 Å². The number of nitrogens with zero attached hydrogens (tertiary/aromatic N) is 1. The molecule has 0 aromatic heterocycles. The molecule has 148 valence electrons. The van der Waals surface area contributed by atoms with Crippen LogP contribution in [0.25, 0.3) is 0 Å². The van der Waals surface area contributed by atoms with E-state index in [0.29, 0.717) is 17.4 Å². The number of hydrogen-bond acceptors (Lipinski definition) is 7. The molecule has 25 heavy (non-hydrogen) atoms. The van der Waals surface area contributed by atoms with Gasteiger partial charge in [-0.25, -0.2) is 4.57 Å². The van der Waals surface area contributed by atoms with Gasteiger partial charge in [-0.15, -0.1) is 0 Å². The Bertz CT molecular complexity index is 463. The molecular weight excluding hydrogens is 353 g/mol. The minimum atomic E-state index is -4.29. The van der Waals surface area contributed by atoms with E-state index >= 15 is 0 Å². The average molecular weight is 384 g/mol. The highest BCUT2D eigenvalue weighted by atomic mass is 31.2. The van der Waals surface area contributed by atoms with Crippen LogP contribution in [0.3, 0.4) is 0 Å². The molecule has 0 aromatic rings. The van der Waals surface area contributed by atoms with Crippen LogP contribution in [-0.2, 0) is 32.7 Å². The maximum atomic E-state index is 11.9. The molecule has 0 bridgehead atoms. The molecule has 0 saturated carbocycles. The normalized spacial score (nSPS) is 15.3. The maximum absolute atomic E-state index is 11.9. The molecule has 0 saturated heterocycles. The van der Waals surface area contributed by atoms with Crippen molar-refractivity contribution in [1.29, 1.82) is 0 Å². The van der Waals surface area contributed by atoms with Gasteiger partial charge in [-0.1, -0.05) is 13.3 Å². The average Bonchev–Trinajstić information content (AvgIpc) is 2.46. The summed E-state index contributed by atoms with van der Waals surface area (Å²) in [7, 11) is 1.46. The summed E-state index contributed by atoms with van der Waals surface area (Å²) in [6.45, 7) is 3.01. The molecule has 9 nitrogen and oxygen atoms in total. The topological polar surface area (TPSA) is 108 Å². The highest BCUT2D eigenvalue weighted by molar-refractivity contribution is 7.47. The monoisotopic (exact) mass is 384 g/mol. The molecule has 0 heterocycles. The first-order valence-electron chi connectivity index (χ1n) is 8.20. The van der Waals surface area contributed by atoms with Gasteiger partial charge in [0.25, 0.3) is 0 Å². The third kappa shape index (κ3) is 15.0. The molecular formula is C15H31NO8P+. The van der Waals surface area contributed by atoms with Gasteiger partial charge in [0.05, 0.1) is 27.7 Å². The number of ether oxygens (including phenoxy) is 2. The van der Waals surface area contributed by atoms with E-state index in [4.69, 9.17) is 18.5 Å². The number of quaternary nitrogens is 1. The van der Waals surface area contributed by atoms with Gasteiger partial charge >= 0.3 is 19.8 Å². The van der Waals surface area contributed by atoms with Gasteiger partial charge in [0.15, 0.2) is 6.10 Å². The van der Waals surface area contributed by atoms with Crippen LogP contribution in [0.5, 0.6) is 0 Å². The molecule has 1 N–H and O–H groups in total. The van der Waals surface area contributed by atoms with Gasteiger partial charge in [0.1, 0.15) is 19.8 Å². The van der Waals surface area contributed by atoms with Gasteiger partial charge in [-0.2, -0.15) is 0 Å². The number of carbonyl (C=O) groups excluding carboxylic acids is 2. The van der Waals surface area contributed by atoms with Crippen molar-refractivity contribution in [3.8, 4) is 0 Å². The molecule has 0 amide bonds. The third-order valence-corrected chi connectivity index (χ3v) is 3.93. The Morgan fingerprint density at radius 3 is 2.32 bits per heavy atom. The number of unbranched alkanes of at least 4 members (excludes halogenated alkanes) is 1. The number of carbonyl (C=O) groups is 2. The van der Waals surface area contributed by atoms with Crippen LogP contribution in [0.4, 0.5) is 0 Å². The smallest absolute Gasteiger partial charge is 0.462 e. The van der Waals surface area contributed by atoms with E-state index in [1.165, 1.54) is 6.92 Å². The Balaban J connectivity index is 4.48. The maximum Gasteiger partial charge on any atom is 0.472 e. The quantitative estimate of drug-likeness (QED) is 0.289. The first-order valence-corrected chi connectivity index (χ1v) is 9.70. The highest BCUT2D eigenvalue weighted by Crippen LogP contribution is 2.43. The Hall–Kier alpha value is -0.990. The predicted molar refractivity (Wildman–Crippen MR) is 90.7 cm³/mol. The number of phosphoric ester groups is 1. The van der Waals surface area contributed by atoms with Crippen molar-refractivity contribution in [3.63, 3.8) is 0 Å². The summed E-state index contributed by atoms with van der Waals surface area (Å²) in [6.07, 6.45) is 0.721. The number of phosphoric acid groups is 1. The van der Waals surface area contributed by atoms with Gasteiger partial charge < -0.3 is 18.9 Å². The summed E-state index contributed by atoms with van der Waals surface area (Å²) < 4.78 is 32.1. The number of hydrogen-bond donors (Lipinski definition) is 1.